The second-order valence-electron chi connectivity index (χ2n) is 6.92. The molecule has 1 aliphatic heterocycles. The predicted octanol–water partition coefficient (Wildman–Crippen LogP) is 4.25. The van der Waals surface area contributed by atoms with Crippen molar-refractivity contribution in [2.45, 2.75) is 38.2 Å². The van der Waals surface area contributed by atoms with Gasteiger partial charge in [-0.1, -0.05) is 30.3 Å². The Bertz CT molecular complexity index is 1000. The standard InChI is InChI=1S/C20H19F3N4O2/c21-20(22,23)18-25-16-9-4-10-24-17(16)27(18)12-15-8-5-11-26(15)19(28)29-13-14-6-2-1-3-7-14/h1-4,6-7,9-10,15H,5,8,11-13H2/t15-/m0/s1. The molecule has 1 fully saturated rings. The van der Waals surface area contributed by atoms with Gasteiger partial charge in [0.1, 0.15) is 12.1 Å². The van der Waals surface area contributed by atoms with Crippen molar-refractivity contribution in [3.63, 3.8) is 0 Å². The molecule has 1 amide bonds. The molecule has 1 saturated heterocycles. The molecule has 1 atom stereocenters. The molecule has 0 bridgehead atoms. The third-order valence-corrected chi connectivity index (χ3v) is 4.97. The van der Waals surface area contributed by atoms with Gasteiger partial charge in [-0.2, -0.15) is 13.2 Å². The van der Waals surface area contributed by atoms with Crippen molar-refractivity contribution < 1.29 is 22.7 Å². The second kappa shape index (κ2) is 7.73. The van der Waals surface area contributed by atoms with E-state index < -0.39 is 24.1 Å². The molecule has 1 aliphatic rings. The molecule has 0 spiro atoms. The van der Waals surface area contributed by atoms with E-state index in [1.54, 1.807) is 6.07 Å². The molecule has 6 nitrogen and oxygen atoms in total. The van der Waals surface area contributed by atoms with Crippen LogP contribution >= 0.6 is 0 Å². The number of alkyl halides is 3. The van der Waals surface area contributed by atoms with Crippen LogP contribution in [0.5, 0.6) is 0 Å². The summed E-state index contributed by atoms with van der Waals surface area (Å²) in [5, 5.41) is 0. The Hall–Kier alpha value is -3.10. The maximum absolute atomic E-state index is 13.5. The monoisotopic (exact) mass is 404 g/mol. The van der Waals surface area contributed by atoms with Crippen LogP contribution in [-0.4, -0.2) is 38.1 Å². The number of aromatic nitrogens is 3. The van der Waals surface area contributed by atoms with Crippen LogP contribution in [0.2, 0.25) is 0 Å². The zero-order chi connectivity index (χ0) is 20.4. The summed E-state index contributed by atoms with van der Waals surface area (Å²) >= 11 is 0. The molecule has 4 rings (SSSR count). The number of nitrogens with zero attached hydrogens (tertiary/aromatic N) is 4. The lowest BCUT2D eigenvalue weighted by Crippen LogP contribution is -2.39. The summed E-state index contributed by atoms with van der Waals surface area (Å²) < 4.78 is 47.0. The van der Waals surface area contributed by atoms with Crippen LogP contribution < -0.4 is 0 Å². The minimum atomic E-state index is -4.61. The van der Waals surface area contributed by atoms with Gasteiger partial charge in [0.15, 0.2) is 5.65 Å². The molecule has 3 aromatic rings. The van der Waals surface area contributed by atoms with E-state index in [1.165, 1.54) is 17.2 Å². The predicted molar refractivity (Wildman–Crippen MR) is 98.9 cm³/mol. The van der Waals surface area contributed by atoms with Crippen molar-refractivity contribution in [3.05, 3.63) is 60.0 Å². The molecule has 0 unspecified atom stereocenters. The number of likely N-dealkylation sites (tertiary alicyclic amines) is 1. The average Bonchev–Trinajstić information content (AvgIpc) is 3.32. The van der Waals surface area contributed by atoms with Gasteiger partial charge in [0, 0.05) is 19.3 Å². The highest BCUT2D eigenvalue weighted by molar-refractivity contribution is 5.71. The minimum Gasteiger partial charge on any atom is -0.445 e. The number of halogens is 3. The Morgan fingerprint density at radius 2 is 1.97 bits per heavy atom. The fraction of sp³-hybridized carbons (Fsp3) is 0.350. The zero-order valence-corrected chi connectivity index (χ0v) is 15.5. The third-order valence-electron chi connectivity index (χ3n) is 4.97. The summed E-state index contributed by atoms with van der Waals surface area (Å²) in [6, 6.07) is 11.9. The number of amides is 1. The van der Waals surface area contributed by atoms with Gasteiger partial charge in [-0.3, -0.25) is 0 Å². The maximum Gasteiger partial charge on any atom is 0.449 e. The third kappa shape index (κ3) is 4.03. The molecule has 0 saturated carbocycles. The smallest absolute Gasteiger partial charge is 0.445 e. The molecule has 2 aromatic heterocycles. The highest BCUT2D eigenvalue weighted by Gasteiger charge is 2.40. The van der Waals surface area contributed by atoms with Crippen LogP contribution in [0.1, 0.15) is 24.2 Å². The Morgan fingerprint density at radius 3 is 2.72 bits per heavy atom. The molecule has 152 valence electrons. The normalized spacial score (nSPS) is 17.1. The van der Waals surface area contributed by atoms with Crippen molar-refractivity contribution in [2.75, 3.05) is 6.54 Å². The lowest BCUT2D eigenvalue weighted by molar-refractivity contribution is -0.147. The summed E-state index contributed by atoms with van der Waals surface area (Å²) in [5.74, 6) is -1.00. The number of hydrogen-bond donors (Lipinski definition) is 0. The Kier molecular flexibility index (Phi) is 5.12. The number of imidazole rings is 1. The summed E-state index contributed by atoms with van der Waals surface area (Å²) in [6.07, 6.45) is -2.42. The van der Waals surface area contributed by atoms with Gasteiger partial charge in [0.2, 0.25) is 5.82 Å². The zero-order valence-electron chi connectivity index (χ0n) is 15.5. The number of hydrogen-bond acceptors (Lipinski definition) is 4. The molecule has 9 heteroatoms. The van der Waals surface area contributed by atoms with Crippen molar-refractivity contribution in [3.8, 4) is 0 Å². The van der Waals surface area contributed by atoms with Crippen LogP contribution in [0.4, 0.5) is 18.0 Å². The van der Waals surface area contributed by atoms with Gasteiger partial charge in [-0.25, -0.2) is 14.8 Å². The van der Waals surface area contributed by atoms with Crippen LogP contribution in [-0.2, 0) is 24.1 Å². The van der Waals surface area contributed by atoms with Crippen LogP contribution in [0, 0.1) is 0 Å². The van der Waals surface area contributed by atoms with Crippen molar-refractivity contribution in [2.24, 2.45) is 0 Å². The van der Waals surface area contributed by atoms with Crippen molar-refractivity contribution >= 4 is 17.3 Å². The SMILES string of the molecule is O=C(OCc1ccccc1)N1CCC[C@H]1Cn1c(C(F)(F)F)nc2cccnc21. The summed E-state index contributed by atoms with van der Waals surface area (Å²) in [5.41, 5.74) is 1.18. The number of benzene rings is 1. The average molecular weight is 404 g/mol. The number of carbonyl (C=O) groups excluding carboxylic acids is 1. The van der Waals surface area contributed by atoms with E-state index in [4.69, 9.17) is 4.74 Å². The van der Waals surface area contributed by atoms with Gasteiger partial charge >= 0.3 is 12.3 Å². The topological polar surface area (TPSA) is 60.2 Å². The first kappa shape index (κ1) is 19.2. The van der Waals surface area contributed by atoms with Gasteiger partial charge in [0.05, 0.1) is 6.04 Å². The Morgan fingerprint density at radius 1 is 1.17 bits per heavy atom. The van der Waals surface area contributed by atoms with Crippen molar-refractivity contribution in [1.29, 1.82) is 0 Å². The largest absolute Gasteiger partial charge is 0.449 e. The van der Waals surface area contributed by atoms with E-state index in [9.17, 15) is 18.0 Å². The Balaban J connectivity index is 1.53. The first-order valence-electron chi connectivity index (χ1n) is 9.29. The lowest BCUT2D eigenvalue weighted by Gasteiger charge is -2.25. The van der Waals surface area contributed by atoms with Gasteiger partial charge in [-0.15, -0.1) is 0 Å². The summed E-state index contributed by atoms with van der Waals surface area (Å²) in [7, 11) is 0. The first-order valence-corrected chi connectivity index (χ1v) is 9.29. The molecule has 0 aliphatic carbocycles. The maximum atomic E-state index is 13.5. The number of pyridine rings is 1. The van der Waals surface area contributed by atoms with Crippen LogP contribution in [0.15, 0.2) is 48.7 Å². The number of ether oxygens (including phenoxy) is 1. The van der Waals surface area contributed by atoms with Gasteiger partial charge < -0.3 is 14.2 Å². The molecule has 0 N–H and O–H groups in total. The number of carbonyl (C=O) groups is 1. The van der Waals surface area contributed by atoms with Crippen LogP contribution in [0.25, 0.3) is 11.2 Å². The van der Waals surface area contributed by atoms with Crippen molar-refractivity contribution in [1.82, 2.24) is 19.4 Å². The van der Waals surface area contributed by atoms with E-state index in [0.29, 0.717) is 19.4 Å². The molecule has 0 radical (unpaired) electrons. The van der Waals surface area contributed by atoms with Crippen LogP contribution in [0.3, 0.4) is 0 Å². The quantitative estimate of drug-likeness (QED) is 0.652. The second-order valence-corrected chi connectivity index (χ2v) is 6.92. The van der Waals surface area contributed by atoms with Gasteiger partial charge in [0.25, 0.3) is 0 Å². The van der Waals surface area contributed by atoms with E-state index >= 15 is 0 Å². The van der Waals surface area contributed by atoms with E-state index in [-0.39, 0.29) is 24.3 Å². The minimum absolute atomic E-state index is 0.0389. The fourth-order valence-electron chi connectivity index (χ4n) is 3.63. The van der Waals surface area contributed by atoms with E-state index in [2.05, 4.69) is 9.97 Å². The molecule has 3 heterocycles. The highest BCUT2D eigenvalue weighted by atomic mass is 19.4. The molecular formula is C20H19F3N4O2. The first-order chi connectivity index (χ1) is 13.9. The molecule has 29 heavy (non-hydrogen) atoms. The van der Waals surface area contributed by atoms with Gasteiger partial charge in [-0.05, 0) is 30.5 Å². The number of fused-ring (bicyclic) bond motifs is 1. The lowest BCUT2D eigenvalue weighted by atomic mass is 10.2. The molecular weight excluding hydrogens is 385 g/mol. The Labute approximate surface area is 164 Å². The number of rotatable bonds is 4. The van der Waals surface area contributed by atoms with E-state index in [0.717, 1.165) is 10.1 Å². The summed E-state index contributed by atoms with van der Waals surface area (Å²) in [6.45, 7) is 0.523. The summed E-state index contributed by atoms with van der Waals surface area (Å²) in [4.78, 5) is 21.8. The highest BCUT2D eigenvalue weighted by Crippen LogP contribution is 2.32. The molecule has 1 aromatic carbocycles. The van der Waals surface area contributed by atoms with E-state index in [1.807, 2.05) is 30.3 Å². The fourth-order valence-corrected chi connectivity index (χ4v) is 3.63.